The second-order valence-electron chi connectivity index (χ2n) is 13.4. The molecule has 0 spiro atoms. The Balaban J connectivity index is 6.19. The summed E-state index contributed by atoms with van der Waals surface area (Å²) in [6.07, 6.45) is 0. The summed E-state index contributed by atoms with van der Waals surface area (Å²) in [6.45, 7) is 6.64. The molecular formula is C108H4. The normalized spacial score (nSPS) is 3.96. The van der Waals surface area contributed by atoms with Crippen LogP contribution in [0.5, 0.6) is 0 Å². The molecule has 0 amide bonds. The van der Waals surface area contributed by atoms with Crippen molar-refractivity contribution < 1.29 is 0 Å². The van der Waals surface area contributed by atoms with Gasteiger partial charge >= 0.3 is 0 Å². The SMILES string of the molecule is C=C=C=C=C=C=C=C=C=C=C=C=C=C=C=C=C=C=C=C=C=C=C=C=C=C=C=C=C=C=C=C=C=C=C=C=C=C=C=C=C=C=C=C=C=C=C=C=C=C=C=C=C=C=C=C=C=C=C=C=C=C=C=C=C=C=C=C=C=C=C=C=C=C=C=C=C=C=C=C=C=C=C=C=C=C=C=C=C=C=C=C=C=C=C=C=C=C=C=C=C=C=C=C=C=C=C=C. The second-order valence-corrected chi connectivity index (χ2v) is 13.4. The van der Waals surface area contributed by atoms with Gasteiger partial charge in [0.05, 0.1) is 0 Å². The molecule has 0 aromatic heterocycles. The third-order valence-electron chi connectivity index (χ3n) is 6.61. The molecule has 0 unspecified atom stereocenters. The minimum atomic E-state index is 2.37. The number of rotatable bonds is 0. The fourth-order valence-electron chi connectivity index (χ4n) is 3.28. The van der Waals surface area contributed by atoms with Crippen molar-refractivity contribution in [1.82, 2.24) is 0 Å². The van der Waals surface area contributed by atoms with Crippen LogP contribution in [-0.2, 0) is 0 Å². The monoisotopic (exact) mass is 1300 g/mol. The van der Waals surface area contributed by atoms with Gasteiger partial charge in [-0.2, -0.15) is 0 Å². The largest absolute Gasteiger partial charge is 0.0687 e. The summed E-state index contributed by atoms with van der Waals surface area (Å²) in [4.78, 5) is 0. The van der Waals surface area contributed by atoms with Crippen molar-refractivity contribution in [1.29, 1.82) is 0 Å². The minimum Gasteiger partial charge on any atom is -0.0687 e. The number of hydrogen-bond acceptors (Lipinski definition) is 0. The average Bonchev–Trinajstić information content (AvgIpc) is 3.89. The maximum Gasteiger partial charge on any atom is 0 e. The van der Waals surface area contributed by atoms with Gasteiger partial charge in [-0.1, -0.05) is 11.5 Å². The van der Waals surface area contributed by atoms with Crippen LogP contribution in [0.2, 0.25) is 0 Å². The predicted molar refractivity (Wildman–Crippen MR) is 384 cm³/mol. The Hall–Kier alpha value is -23.6. The molecule has 0 aliphatic heterocycles. The van der Waals surface area contributed by atoms with Crippen LogP contribution in [0.1, 0.15) is 0 Å². The molecule has 0 nitrogen and oxygen atoms in total. The lowest BCUT2D eigenvalue weighted by Gasteiger charge is -1.41. The summed E-state index contributed by atoms with van der Waals surface area (Å²) in [7, 11) is 0. The van der Waals surface area contributed by atoms with Crippen molar-refractivity contribution in [2.45, 2.75) is 0 Å². The zero-order valence-electron chi connectivity index (χ0n) is 54.4. The first-order chi connectivity index (χ1) is 53.9. The molecule has 108 heavy (non-hydrogen) atoms. The molecule has 0 heteroatoms. The molecule has 0 atom stereocenters. The van der Waals surface area contributed by atoms with E-state index in [2.05, 4.69) is 621 Å². The minimum absolute atomic E-state index is 2.37. The van der Waals surface area contributed by atoms with Gasteiger partial charge in [0, 0.05) is 504 Å². The molecule has 0 aliphatic rings. The lowest BCUT2D eigenvalue weighted by atomic mass is 10.6. The van der Waals surface area contributed by atoms with Crippen LogP contribution in [0.3, 0.4) is 0 Å². The summed E-state index contributed by atoms with van der Waals surface area (Å²) in [5.74, 6) is 0. The van der Waals surface area contributed by atoms with Crippen molar-refractivity contribution in [2.24, 2.45) is 0 Å². The van der Waals surface area contributed by atoms with Crippen LogP contribution in [-0.4, -0.2) is 0 Å². The van der Waals surface area contributed by atoms with Crippen molar-refractivity contribution in [3.05, 3.63) is 621 Å². The Morgan fingerprint density at radius 1 is 0.0463 bits per heavy atom. The molecule has 0 aliphatic carbocycles. The molecule has 0 saturated heterocycles. The fourth-order valence-corrected chi connectivity index (χ4v) is 3.28. The summed E-state index contributed by atoms with van der Waals surface area (Å²) >= 11 is 0. The van der Waals surface area contributed by atoms with Gasteiger partial charge in [0.2, 0.25) is 0 Å². The average molecular weight is 1300 g/mol. The van der Waals surface area contributed by atoms with Gasteiger partial charge in [-0.3, -0.25) is 0 Å². The summed E-state index contributed by atoms with van der Waals surface area (Å²) in [6, 6.07) is 0. The van der Waals surface area contributed by atoms with Crippen molar-refractivity contribution in [3.8, 4) is 0 Å². The van der Waals surface area contributed by atoms with Gasteiger partial charge in [-0.25, -0.2) is 0 Å². The van der Waals surface area contributed by atoms with Gasteiger partial charge in [0.25, 0.3) is 0 Å². The summed E-state index contributed by atoms with van der Waals surface area (Å²) in [5, 5.41) is 0. The van der Waals surface area contributed by atoms with Crippen LogP contribution >= 0.6 is 0 Å². The van der Waals surface area contributed by atoms with E-state index in [-0.39, 0.29) is 0 Å². The molecule has 436 valence electrons. The van der Waals surface area contributed by atoms with Crippen molar-refractivity contribution in [2.75, 3.05) is 0 Å². The molecule has 0 aromatic carbocycles. The molecule has 0 fully saturated rings. The van der Waals surface area contributed by atoms with E-state index < -0.39 is 0 Å². The van der Waals surface area contributed by atoms with E-state index in [0.29, 0.717) is 0 Å². The third kappa shape index (κ3) is 82.4. The molecule has 0 radical (unpaired) electrons. The van der Waals surface area contributed by atoms with Crippen LogP contribution in [0, 0.1) is 0 Å². The Bertz CT molecular complexity index is 8150. The van der Waals surface area contributed by atoms with E-state index in [4.69, 9.17) is 0 Å². The maximum absolute atomic E-state index is 3.32. The predicted octanol–water partition coefficient (Wildman–Crippen LogP) is 17.2. The number of hydrogen-bond donors (Lipinski definition) is 0. The lowest BCUT2D eigenvalue weighted by Crippen LogP contribution is -1.26. The van der Waals surface area contributed by atoms with E-state index in [0.717, 1.165) is 0 Å². The molecule has 0 rings (SSSR count). The van der Waals surface area contributed by atoms with Gasteiger partial charge in [0.1, 0.15) is 0 Å². The van der Waals surface area contributed by atoms with Crippen LogP contribution in [0.15, 0.2) is 621 Å². The lowest BCUT2D eigenvalue weighted by molar-refractivity contribution is 2.10. The van der Waals surface area contributed by atoms with E-state index >= 15 is 0 Å². The van der Waals surface area contributed by atoms with Crippen LogP contribution in [0.25, 0.3) is 0 Å². The van der Waals surface area contributed by atoms with E-state index in [1.54, 1.807) is 0 Å². The highest BCUT2D eigenvalue weighted by atomic mass is 13.5. The highest BCUT2D eigenvalue weighted by Gasteiger charge is 1.51. The first-order valence-corrected chi connectivity index (χ1v) is 27.0. The smallest absolute Gasteiger partial charge is 0 e. The van der Waals surface area contributed by atoms with E-state index in [9.17, 15) is 0 Å². The van der Waals surface area contributed by atoms with Crippen LogP contribution in [0.4, 0.5) is 0 Å². The quantitative estimate of drug-likeness (QED) is 0.212. The molecular weight excluding hydrogens is 1300 g/mol. The standard InChI is InChI=1S/C108H4/c1-3-5-7-9-11-13-15-17-19-21-23-25-27-29-31-33-35-37-39-41-43-45-47-49-51-53-55-57-59-61-63-65-67-69-71-73-75-77-79-81-83-85-87-89-91-93-95-97-99-101-103-105-107-108-106-104-102-100-98-96-94-92-90-88-86-84-82-80-78-76-74-72-70-68-66-64-62-60-58-56-54-52-50-48-46-44-42-40-38-36-34-32-30-28-26-24-22-20-18-16-14-12-10-8-6-4-2/h1-2H2. The summed E-state index contributed by atoms with van der Waals surface area (Å²) in [5.41, 5.74) is 264. The van der Waals surface area contributed by atoms with E-state index in [1.165, 1.54) is 0 Å². The Morgan fingerprint density at radius 3 is 0.102 bits per heavy atom. The molecule has 0 saturated carbocycles. The zero-order chi connectivity index (χ0) is 77.0. The van der Waals surface area contributed by atoms with Crippen molar-refractivity contribution in [3.63, 3.8) is 0 Å². The zero-order valence-corrected chi connectivity index (χ0v) is 54.4. The van der Waals surface area contributed by atoms with E-state index in [1.807, 2.05) is 0 Å². The van der Waals surface area contributed by atoms with Crippen LogP contribution < -0.4 is 0 Å². The second kappa shape index (κ2) is 83.4. The highest BCUT2D eigenvalue weighted by molar-refractivity contribution is 5.03. The Kier molecular flexibility index (Phi) is 65.2. The van der Waals surface area contributed by atoms with Gasteiger partial charge in [-0.05, 0) is 105 Å². The highest BCUT2D eigenvalue weighted by Crippen LogP contribution is 1.67. The van der Waals surface area contributed by atoms with Crippen molar-refractivity contribution >= 4 is 0 Å². The maximum atomic E-state index is 3.32. The molecule has 0 bridgehead atoms. The van der Waals surface area contributed by atoms with Gasteiger partial charge in [0.15, 0.2) is 0 Å². The summed E-state index contributed by atoms with van der Waals surface area (Å²) < 4.78 is 0. The topological polar surface area (TPSA) is 0 Å². The Labute approximate surface area is 616 Å². The van der Waals surface area contributed by atoms with Gasteiger partial charge in [-0.15, -0.1) is 0 Å². The van der Waals surface area contributed by atoms with Gasteiger partial charge < -0.3 is 0 Å². The third-order valence-corrected chi connectivity index (χ3v) is 6.61. The first-order valence-electron chi connectivity index (χ1n) is 27.0. The first kappa shape index (κ1) is 84.4. The fraction of sp³-hybridized carbons (Fsp3) is 0. The molecule has 0 heterocycles. The molecule has 0 N–H and O–H groups in total. The molecule has 0 aromatic rings. The Morgan fingerprint density at radius 2 is 0.0741 bits per heavy atom.